The Morgan fingerprint density at radius 2 is 1.12 bits per heavy atom. The van der Waals surface area contributed by atoms with Crippen molar-refractivity contribution in [3.05, 3.63) is 66.4 Å². The number of hydrogen-bond acceptors (Lipinski definition) is 9. The Morgan fingerprint density at radius 1 is 0.673 bits per heavy atom. The average molecular weight is 758 g/mol. The van der Waals surface area contributed by atoms with Crippen LogP contribution in [0.3, 0.4) is 0 Å². The molecule has 3 aromatic rings. The molecule has 0 bridgehead atoms. The van der Waals surface area contributed by atoms with Gasteiger partial charge in [0.15, 0.2) is 19.7 Å². The lowest BCUT2D eigenvalue weighted by atomic mass is 9.87. The van der Waals surface area contributed by atoms with Crippen molar-refractivity contribution >= 4 is 53.8 Å². The van der Waals surface area contributed by atoms with E-state index >= 15 is 0 Å². The lowest BCUT2D eigenvalue weighted by Crippen LogP contribution is -2.47. The molecule has 0 aliphatic carbocycles. The summed E-state index contributed by atoms with van der Waals surface area (Å²) in [6, 6.07) is 16.9. The first-order valence-electron chi connectivity index (χ1n) is 17.9. The number of sulfone groups is 2. The van der Waals surface area contributed by atoms with E-state index in [2.05, 4.69) is 36.4 Å². The molecular formula is C39H55N3O8S2. The van der Waals surface area contributed by atoms with Gasteiger partial charge in [0.25, 0.3) is 0 Å². The second-order valence-electron chi connectivity index (χ2n) is 15.8. The minimum absolute atomic E-state index is 0.00670. The number of amides is 2. The van der Waals surface area contributed by atoms with E-state index in [4.69, 9.17) is 9.47 Å². The monoisotopic (exact) mass is 757 g/mol. The Morgan fingerprint density at radius 3 is 1.58 bits per heavy atom. The Kier molecular flexibility index (Phi) is 13.3. The van der Waals surface area contributed by atoms with Gasteiger partial charge in [-0.3, -0.25) is 14.6 Å². The predicted molar refractivity (Wildman–Crippen MR) is 207 cm³/mol. The number of rotatable bonds is 10. The van der Waals surface area contributed by atoms with Gasteiger partial charge in [0.1, 0.15) is 9.49 Å². The topological polar surface area (TPSA) is 158 Å². The van der Waals surface area contributed by atoms with Gasteiger partial charge in [-0.2, -0.15) is 0 Å². The van der Waals surface area contributed by atoms with Gasteiger partial charge in [-0.1, -0.05) is 51.1 Å². The predicted octanol–water partition coefficient (Wildman–Crippen LogP) is 6.34. The normalized spacial score (nSPS) is 16.8. The molecule has 286 valence electrons. The molecule has 2 amide bonds. The van der Waals surface area contributed by atoms with E-state index in [9.17, 15) is 26.4 Å². The van der Waals surface area contributed by atoms with Gasteiger partial charge in [0, 0.05) is 37.5 Å². The average Bonchev–Trinajstić information content (AvgIpc) is 3.08. The van der Waals surface area contributed by atoms with Crippen LogP contribution in [0.4, 0.5) is 11.4 Å². The van der Waals surface area contributed by atoms with Gasteiger partial charge in [-0.15, -0.1) is 0 Å². The van der Waals surface area contributed by atoms with Crippen LogP contribution in [0, 0.1) is 11.8 Å². The molecule has 0 unspecified atom stereocenters. The first-order valence-corrected chi connectivity index (χ1v) is 21.2. The van der Waals surface area contributed by atoms with Crippen molar-refractivity contribution < 1.29 is 35.9 Å². The molecule has 3 heterocycles. The standard InChI is InChI=1S/C20H31NO4S.C19H24N2O4S/c1-19(2,3)16-6-8-17(9-7-16)21-18(22)20(4,5)26(23,24)14-15-10-12-25-13-11-15;1-19(2,26(23,24)13-14-7-9-25-10-8-14)18(22)21-16-11-15-5-3-4-6-17(15)20-12-16/h6-9,15H,10-14H2,1-5H3,(H,21,22);3-6,11-12,14H,7-10,13H2,1-2H3,(H,21,22). The van der Waals surface area contributed by atoms with Crippen molar-refractivity contribution in [3.63, 3.8) is 0 Å². The fourth-order valence-electron chi connectivity index (χ4n) is 5.90. The van der Waals surface area contributed by atoms with Gasteiger partial charge >= 0.3 is 0 Å². The van der Waals surface area contributed by atoms with E-state index in [0.29, 0.717) is 50.6 Å². The molecule has 5 rings (SSSR count). The van der Waals surface area contributed by atoms with E-state index in [1.54, 1.807) is 12.3 Å². The SMILES string of the molecule is CC(C)(C(=O)Nc1cnc2ccccc2c1)S(=O)(=O)CC1CCOCC1.CC(C)(C)c1ccc(NC(=O)C(C)(C)S(=O)(=O)CC2CCOCC2)cc1. The van der Waals surface area contributed by atoms with Gasteiger partial charge in [-0.05, 0) is 100 Å². The fraction of sp³-hybridized carbons (Fsp3) is 0.564. The van der Waals surface area contributed by atoms with Crippen LogP contribution in [0.2, 0.25) is 0 Å². The van der Waals surface area contributed by atoms with Gasteiger partial charge in [0.05, 0.1) is 28.9 Å². The number of benzene rings is 2. The number of nitrogens with zero attached hydrogens (tertiary/aromatic N) is 1. The molecular weight excluding hydrogens is 703 g/mol. The van der Waals surface area contributed by atoms with Crippen molar-refractivity contribution in [3.8, 4) is 0 Å². The van der Waals surface area contributed by atoms with Crippen LogP contribution < -0.4 is 10.6 Å². The van der Waals surface area contributed by atoms with E-state index in [1.807, 2.05) is 48.5 Å². The third-order valence-electron chi connectivity index (χ3n) is 10.1. The molecule has 2 saturated heterocycles. The lowest BCUT2D eigenvalue weighted by Gasteiger charge is -2.28. The highest BCUT2D eigenvalue weighted by molar-refractivity contribution is 7.93. The molecule has 2 aliphatic rings. The Labute approximate surface area is 309 Å². The maximum atomic E-state index is 12.8. The Bertz CT molecular complexity index is 1910. The molecule has 0 spiro atoms. The highest BCUT2D eigenvalue weighted by Crippen LogP contribution is 2.29. The zero-order valence-corrected chi connectivity index (χ0v) is 33.2. The molecule has 0 saturated carbocycles. The van der Waals surface area contributed by atoms with Crippen molar-refractivity contribution in [1.29, 1.82) is 0 Å². The van der Waals surface area contributed by atoms with E-state index in [1.165, 1.54) is 27.7 Å². The van der Waals surface area contributed by atoms with Crippen LogP contribution in [0.15, 0.2) is 60.8 Å². The van der Waals surface area contributed by atoms with E-state index < -0.39 is 41.0 Å². The van der Waals surface area contributed by atoms with Crippen molar-refractivity contribution in [2.24, 2.45) is 11.8 Å². The summed E-state index contributed by atoms with van der Waals surface area (Å²) in [6.45, 7) is 14.6. The maximum Gasteiger partial charge on any atom is 0.245 e. The first-order chi connectivity index (χ1) is 24.2. The first kappa shape index (κ1) is 41.4. The van der Waals surface area contributed by atoms with Gasteiger partial charge in [0.2, 0.25) is 11.8 Å². The fourth-order valence-corrected chi connectivity index (χ4v) is 9.31. The highest BCUT2D eigenvalue weighted by Gasteiger charge is 2.44. The molecule has 2 aromatic carbocycles. The summed E-state index contributed by atoms with van der Waals surface area (Å²) in [4.78, 5) is 29.7. The molecule has 2 fully saturated rings. The number of ether oxygens (including phenoxy) is 2. The molecule has 13 heteroatoms. The third kappa shape index (κ3) is 10.4. The van der Waals surface area contributed by atoms with Crippen LogP contribution in [0.5, 0.6) is 0 Å². The molecule has 0 radical (unpaired) electrons. The molecule has 2 N–H and O–H groups in total. The quantitative estimate of drug-likeness (QED) is 0.241. The Hall–Kier alpha value is -3.39. The second-order valence-corrected chi connectivity index (χ2v) is 21.0. The number of aromatic nitrogens is 1. The summed E-state index contributed by atoms with van der Waals surface area (Å²) in [5, 5.41) is 6.36. The summed E-state index contributed by atoms with van der Waals surface area (Å²) in [5.74, 6) is -0.892. The highest BCUT2D eigenvalue weighted by atomic mass is 32.2. The molecule has 2 aliphatic heterocycles. The summed E-state index contributed by atoms with van der Waals surface area (Å²) < 4.78 is 58.9. The summed E-state index contributed by atoms with van der Waals surface area (Å²) >= 11 is 0. The molecule has 0 atom stereocenters. The molecule has 1 aromatic heterocycles. The lowest BCUT2D eigenvalue weighted by molar-refractivity contribution is -0.118. The number of anilines is 2. The number of carbonyl (C=O) groups is 2. The van der Waals surface area contributed by atoms with Crippen LogP contribution in [0.1, 0.15) is 79.7 Å². The van der Waals surface area contributed by atoms with Crippen LogP contribution >= 0.6 is 0 Å². The number of nitrogens with one attached hydrogen (secondary N) is 2. The molecule has 52 heavy (non-hydrogen) atoms. The zero-order valence-electron chi connectivity index (χ0n) is 31.5. The van der Waals surface area contributed by atoms with Crippen molar-refractivity contribution in [2.75, 3.05) is 48.6 Å². The summed E-state index contributed by atoms with van der Waals surface area (Å²) in [7, 11) is -7.19. The molecule has 11 nitrogen and oxygen atoms in total. The Balaban J connectivity index is 0.000000233. The van der Waals surface area contributed by atoms with Crippen molar-refractivity contribution in [2.45, 2.75) is 89.1 Å². The maximum absolute atomic E-state index is 12.8. The number of hydrogen-bond donors (Lipinski definition) is 2. The van der Waals surface area contributed by atoms with E-state index in [0.717, 1.165) is 29.3 Å². The van der Waals surface area contributed by atoms with E-state index in [-0.39, 0.29) is 28.8 Å². The van der Waals surface area contributed by atoms with Crippen LogP contribution in [0.25, 0.3) is 10.9 Å². The number of carbonyl (C=O) groups excluding carboxylic acids is 2. The minimum Gasteiger partial charge on any atom is -0.381 e. The van der Waals surface area contributed by atoms with Crippen LogP contribution in [-0.4, -0.2) is 81.1 Å². The smallest absolute Gasteiger partial charge is 0.245 e. The van der Waals surface area contributed by atoms with Gasteiger partial charge < -0.3 is 20.1 Å². The largest absolute Gasteiger partial charge is 0.381 e. The van der Waals surface area contributed by atoms with Crippen LogP contribution in [-0.2, 0) is 44.2 Å². The summed E-state index contributed by atoms with van der Waals surface area (Å²) in [5.41, 5.74) is 3.09. The second kappa shape index (κ2) is 16.7. The van der Waals surface area contributed by atoms with Gasteiger partial charge in [-0.25, -0.2) is 16.8 Å². The third-order valence-corrected chi connectivity index (χ3v) is 15.4. The number of para-hydroxylation sites is 1. The minimum atomic E-state index is -3.61. The van der Waals surface area contributed by atoms with Crippen molar-refractivity contribution in [1.82, 2.24) is 4.98 Å². The number of pyridine rings is 1. The summed E-state index contributed by atoms with van der Waals surface area (Å²) in [6.07, 6.45) is 4.43. The number of fused-ring (bicyclic) bond motifs is 1. The zero-order chi connectivity index (χ0) is 38.4.